The van der Waals surface area contributed by atoms with Crippen LogP contribution in [-0.2, 0) is 25.6 Å². The molecular formula is C22H35N7O8. The van der Waals surface area contributed by atoms with Crippen molar-refractivity contribution in [3.63, 3.8) is 0 Å². The van der Waals surface area contributed by atoms with Crippen molar-refractivity contribution in [2.75, 3.05) is 13.2 Å². The van der Waals surface area contributed by atoms with Gasteiger partial charge in [-0.25, -0.2) is 4.79 Å². The Hall–Kier alpha value is -3.95. The minimum absolute atomic E-state index is 0.0348. The minimum atomic E-state index is -1.64. The molecular weight excluding hydrogens is 490 g/mol. The Balaban J connectivity index is 2.89. The Morgan fingerprint density at radius 1 is 0.973 bits per heavy atom. The van der Waals surface area contributed by atoms with Gasteiger partial charge < -0.3 is 53.6 Å². The van der Waals surface area contributed by atoms with Gasteiger partial charge >= 0.3 is 5.97 Å². The maximum absolute atomic E-state index is 12.8. The number of benzene rings is 1. The number of phenols is 1. The van der Waals surface area contributed by atoms with E-state index in [1.54, 1.807) is 12.1 Å². The fourth-order valence-electron chi connectivity index (χ4n) is 3.14. The monoisotopic (exact) mass is 525 g/mol. The number of aliphatic hydroxyl groups is 2. The standard InChI is InChI=1S/C22H35N7O8/c1-11(31)17(21(36)37)29-19(34)15(3-2-8-26-22(24)25)27-20(35)16(10-30)28-18(33)14(23)9-12-4-6-13(32)7-5-12/h4-7,11,14-17,30-32H,2-3,8-10,23H2,1H3,(H,27,35)(H,28,33)(H,29,34)(H,36,37)(H4,24,25,26). The molecule has 1 aromatic carbocycles. The molecule has 0 aromatic heterocycles. The average molecular weight is 526 g/mol. The summed E-state index contributed by atoms with van der Waals surface area (Å²) in [5.74, 6) is -4.24. The first kappa shape index (κ1) is 31.1. The summed E-state index contributed by atoms with van der Waals surface area (Å²) in [6.45, 7) is 0.453. The van der Waals surface area contributed by atoms with Crippen LogP contribution in [0.4, 0.5) is 0 Å². The van der Waals surface area contributed by atoms with Crippen LogP contribution in [0, 0.1) is 0 Å². The summed E-state index contributed by atoms with van der Waals surface area (Å²) in [6, 6.07) is 0.480. The maximum atomic E-state index is 12.8. The van der Waals surface area contributed by atoms with Crippen LogP contribution in [0.1, 0.15) is 25.3 Å². The Morgan fingerprint density at radius 3 is 2.05 bits per heavy atom. The lowest BCUT2D eigenvalue weighted by Crippen LogP contribution is -2.59. The zero-order valence-corrected chi connectivity index (χ0v) is 20.3. The molecule has 0 saturated heterocycles. The predicted molar refractivity (Wildman–Crippen MR) is 132 cm³/mol. The number of carbonyl (C=O) groups is 4. The van der Waals surface area contributed by atoms with Crippen molar-refractivity contribution in [2.45, 2.75) is 56.5 Å². The number of nitrogens with one attached hydrogen (secondary N) is 3. The second-order valence-corrected chi connectivity index (χ2v) is 8.30. The number of hydrogen-bond donors (Lipinski definition) is 10. The number of aliphatic hydroxyl groups excluding tert-OH is 2. The molecule has 0 saturated carbocycles. The quantitative estimate of drug-likeness (QED) is 0.0602. The van der Waals surface area contributed by atoms with E-state index in [1.165, 1.54) is 19.1 Å². The van der Waals surface area contributed by atoms with Crippen molar-refractivity contribution >= 4 is 29.7 Å². The molecule has 0 aliphatic rings. The van der Waals surface area contributed by atoms with Crippen molar-refractivity contribution in [3.8, 4) is 5.75 Å². The number of aliphatic imine (C=N–C) groups is 1. The van der Waals surface area contributed by atoms with E-state index in [0.717, 1.165) is 0 Å². The molecule has 5 unspecified atom stereocenters. The molecule has 0 heterocycles. The van der Waals surface area contributed by atoms with Crippen molar-refractivity contribution in [1.82, 2.24) is 16.0 Å². The van der Waals surface area contributed by atoms with Crippen LogP contribution < -0.4 is 33.2 Å². The highest BCUT2D eigenvalue weighted by Gasteiger charge is 2.31. The molecule has 0 bridgehead atoms. The van der Waals surface area contributed by atoms with E-state index < -0.39 is 60.6 Å². The lowest BCUT2D eigenvalue weighted by atomic mass is 10.1. The Labute approximate surface area is 213 Å². The third kappa shape index (κ3) is 11.1. The smallest absolute Gasteiger partial charge is 0.328 e. The fraction of sp³-hybridized carbons (Fsp3) is 0.500. The van der Waals surface area contributed by atoms with E-state index in [0.29, 0.717) is 5.56 Å². The highest BCUT2D eigenvalue weighted by atomic mass is 16.4. The molecule has 0 spiro atoms. The highest BCUT2D eigenvalue weighted by Crippen LogP contribution is 2.11. The zero-order chi connectivity index (χ0) is 28.1. The summed E-state index contributed by atoms with van der Waals surface area (Å²) in [7, 11) is 0. The summed E-state index contributed by atoms with van der Waals surface area (Å²) < 4.78 is 0. The first-order valence-electron chi connectivity index (χ1n) is 11.4. The molecule has 37 heavy (non-hydrogen) atoms. The van der Waals surface area contributed by atoms with E-state index in [-0.39, 0.29) is 37.5 Å². The van der Waals surface area contributed by atoms with E-state index in [9.17, 15) is 39.6 Å². The van der Waals surface area contributed by atoms with Gasteiger partial charge in [-0.05, 0) is 43.9 Å². The summed E-state index contributed by atoms with van der Waals surface area (Å²) in [5.41, 5.74) is 17.1. The molecule has 13 N–H and O–H groups in total. The fourth-order valence-corrected chi connectivity index (χ4v) is 3.14. The largest absolute Gasteiger partial charge is 0.508 e. The molecule has 1 aromatic rings. The number of nitrogens with zero attached hydrogens (tertiary/aromatic N) is 1. The molecule has 0 fully saturated rings. The third-order valence-corrected chi connectivity index (χ3v) is 5.17. The van der Waals surface area contributed by atoms with Gasteiger partial charge in [-0.2, -0.15) is 0 Å². The second-order valence-electron chi connectivity index (χ2n) is 8.30. The van der Waals surface area contributed by atoms with Gasteiger partial charge in [-0.3, -0.25) is 19.4 Å². The van der Waals surface area contributed by atoms with Gasteiger partial charge in [0.15, 0.2) is 12.0 Å². The first-order valence-corrected chi connectivity index (χ1v) is 11.4. The lowest BCUT2D eigenvalue weighted by molar-refractivity contribution is -0.145. The zero-order valence-electron chi connectivity index (χ0n) is 20.3. The molecule has 1 rings (SSSR count). The van der Waals surface area contributed by atoms with Crippen LogP contribution >= 0.6 is 0 Å². The number of carboxylic acid groups (broad SMARTS) is 1. The summed E-state index contributed by atoms with van der Waals surface area (Å²) in [4.78, 5) is 53.1. The molecule has 5 atom stereocenters. The number of aromatic hydroxyl groups is 1. The summed E-state index contributed by atoms with van der Waals surface area (Å²) in [6.07, 6.45) is -1.18. The normalized spacial score (nSPS) is 14.8. The number of aliphatic carboxylic acids is 1. The van der Waals surface area contributed by atoms with Crippen LogP contribution in [0.3, 0.4) is 0 Å². The summed E-state index contributed by atoms with van der Waals surface area (Å²) >= 11 is 0. The van der Waals surface area contributed by atoms with Gasteiger partial charge in [0.25, 0.3) is 0 Å². The van der Waals surface area contributed by atoms with Crippen LogP contribution in [0.5, 0.6) is 5.75 Å². The molecule has 15 nitrogen and oxygen atoms in total. The maximum Gasteiger partial charge on any atom is 0.328 e. The van der Waals surface area contributed by atoms with Crippen molar-refractivity contribution in [2.24, 2.45) is 22.2 Å². The average Bonchev–Trinajstić information content (AvgIpc) is 2.83. The van der Waals surface area contributed by atoms with Crippen molar-refractivity contribution in [1.29, 1.82) is 0 Å². The number of carbonyl (C=O) groups excluding carboxylic acids is 3. The van der Waals surface area contributed by atoms with Crippen LogP contribution in [0.25, 0.3) is 0 Å². The van der Waals surface area contributed by atoms with E-state index >= 15 is 0 Å². The topological polar surface area (TPSA) is 276 Å². The Bertz CT molecular complexity index is 951. The molecule has 0 radical (unpaired) electrons. The van der Waals surface area contributed by atoms with Crippen LogP contribution in [0.2, 0.25) is 0 Å². The molecule has 15 heteroatoms. The van der Waals surface area contributed by atoms with E-state index in [4.69, 9.17) is 17.2 Å². The van der Waals surface area contributed by atoms with Gasteiger partial charge in [-0.1, -0.05) is 12.1 Å². The molecule has 206 valence electrons. The second kappa shape index (κ2) is 15.2. The van der Waals surface area contributed by atoms with Crippen LogP contribution in [-0.4, -0.2) is 93.5 Å². The SMILES string of the molecule is CC(O)C(NC(=O)C(CCCN=C(N)N)NC(=O)C(CO)NC(=O)C(N)Cc1ccc(O)cc1)C(=O)O. The van der Waals surface area contributed by atoms with Gasteiger partial charge in [0.1, 0.15) is 17.8 Å². The lowest BCUT2D eigenvalue weighted by Gasteiger charge is -2.25. The molecule has 0 aliphatic carbocycles. The molecule has 0 aliphatic heterocycles. The summed E-state index contributed by atoms with van der Waals surface area (Å²) in [5, 5.41) is 44.7. The number of nitrogens with two attached hydrogens (primary N) is 3. The number of amides is 3. The number of phenolic OH excluding ortho intramolecular Hbond substituents is 1. The van der Waals surface area contributed by atoms with Gasteiger partial charge in [0.2, 0.25) is 17.7 Å². The van der Waals surface area contributed by atoms with Gasteiger partial charge in [-0.15, -0.1) is 0 Å². The number of hydrogen-bond acceptors (Lipinski definition) is 9. The van der Waals surface area contributed by atoms with Crippen molar-refractivity contribution < 1.29 is 39.6 Å². The van der Waals surface area contributed by atoms with E-state index in [1.807, 2.05) is 0 Å². The Morgan fingerprint density at radius 2 is 1.54 bits per heavy atom. The van der Waals surface area contributed by atoms with Gasteiger partial charge in [0, 0.05) is 6.54 Å². The van der Waals surface area contributed by atoms with Crippen molar-refractivity contribution in [3.05, 3.63) is 29.8 Å². The molecule has 3 amide bonds. The number of carboxylic acids is 1. The number of guanidine groups is 1. The first-order chi connectivity index (χ1) is 17.3. The number of rotatable bonds is 15. The highest BCUT2D eigenvalue weighted by molar-refractivity contribution is 5.94. The Kier molecular flexibility index (Phi) is 12.8. The van der Waals surface area contributed by atoms with Crippen LogP contribution in [0.15, 0.2) is 29.3 Å². The van der Waals surface area contributed by atoms with Gasteiger partial charge in [0.05, 0.1) is 18.8 Å². The minimum Gasteiger partial charge on any atom is -0.508 e. The van der Waals surface area contributed by atoms with E-state index in [2.05, 4.69) is 20.9 Å². The predicted octanol–water partition coefficient (Wildman–Crippen LogP) is -3.77. The third-order valence-electron chi connectivity index (χ3n) is 5.17.